The number of phosphoric acid groups is 1. The smallest absolute Gasteiger partial charge is 0.462 e. The van der Waals surface area contributed by atoms with Crippen LogP contribution in [0.15, 0.2) is 36.5 Å². The highest BCUT2D eigenvalue weighted by Gasteiger charge is 2.39. The van der Waals surface area contributed by atoms with Gasteiger partial charge in [0.05, 0.1) is 25.4 Å². The van der Waals surface area contributed by atoms with E-state index in [0.717, 1.165) is 38.5 Å². The lowest BCUT2D eigenvalue weighted by atomic mass is 9.90. The van der Waals surface area contributed by atoms with Crippen molar-refractivity contribution in [3.05, 3.63) is 36.5 Å². The average molecular weight is 870 g/mol. The zero-order valence-corrected chi connectivity index (χ0v) is 38.3. The number of rotatable bonds is 40. The summed E-state index contributed by atoms with van der Waals surface area (Å²) in [5.41, 5.74) is 5.35. The molecule has 1 aliphatic carbocycles. The molecule has 1 rings (SSSR count). The molecule has 1 saturated carbocycles. The van der Waals surface area contributed by atoms with Gasteiger partial charge >= 0.3 is 19.8 Å². The van der Waals surface area contributed by atoms with Crippen molar-refractivity contribution in [2.45, 2.75) is 206 Å². The highest BCUT2D eigenvalue weighted by Crippen LogP contribution is 2.43. The highest BCUT2D eigenvalue weighted by atomic mass is 31.2. The second-order valence-electron chi connectivity index (χ2n) is 16.4. The quantitative estimate of drug-likeness (QED) is 0.0197. The summed E-state index contributed by atoms with van der Waals surface area (Å²) in [7, 11) is -4.45. The Hall–Kier alpha value is -2.18. The predicted octanol–water partition coefficient (Wildman–Crippen LogP) is 10.3. The number of Topliss-reactive ketones (excluding diaryl/α,β-unsaturated/α-hetero) is 1. The zero-order chi connectivity index (χ0) is 44.1. The molecule has 0 heterocycles. The summed E-state index contributed by atoms with van der Waals surface area (Å²) in [4.78, 5) is 47.6. The maximum absolute atomic E-state index is 12.7. The van der Waals surface area contributed by atoms with Gasteiger partial charge in [0.25, 0.3) is 0 Å². The normalized spacial score (nSPS) is 19.1. The van der Waals surface area contributed by atoms with Crippen molar-refractivity contribution in [2.75, 3.05) is 26.4 Å². The number of unbranched alkanes of at least 4 members (excludes halogenated alkanes) is 18. The second kappa shape index (κ2) is 37.4. The van der Waals surface area contributed by atoms with E-state index in [9.17, 15) is 34.1 Å². The summed E-state index contributed by atoms with van der Waals surface area (Å²) in [6, 6.07) is 0. The largest absolute Gasteiger partial charge is 0.472 e. The van der Waals surface area contributed by atoms with E-state index in [4.69, 9.17) is 24.3 Å². The van der Waals surface area contributed by atoms with Crippen molar-refractivity contribution in [3.63, 3.8) is 0 Å². The summed E-state index contributed by atoms with van der Waals surface area (Å²) in [5, 5.41) is 20.7. The van der Waals surface area contributed by atoms with Gasteiger partial charge in [-0.2, -0.15) is 0 Å². The standard InChI is InChI=1S/C47H84NO11P/c1-3-5-7-8-9-10-11-12-13-14-15-16-17-18-19-20-21-22-27-31-46(52)56-38-41(39-58-60(54,55)57-36-35-48)59-47(53)32-28-24-23-26-30-42-43(45(51)37-44(42)50)34-33-40(49)29-25-6-4-2/h12-13,23,26,33-34,40-44,49-50H,3-11,14-22,24-25,27-32,35-39,48H2,1-2H3,(H,54,55)/b13-12-,26-23-,34-33+/t40-,41+,42+,43+,44-/m0/s1. The monoisotopic (exact) mass is 870 g/mol. The third-order valence-corrected chi connectivity index (χ3v) is 11.9. The lowest BCUT2D eigenvalue weighted by Crippen LogP contribution is -2.29. The predicted molar refractivity (Wildman–Crippen MR) is 239 cm³/mol. The first-order valence-electron chi connectivity index (χ1n) is 23.6. The van der Waals surface area contributed by atoms with Crippen LogP contribution in [0.2, 0.25) is 0 Å². The number of nitrogens with two attached hydrogens (primary N) is 1. The number of carbonyl (C=O) groups is 3. The van der Waals surface area contributed by atoms with Gasteiger partial charge in [-0.3, -0.25) is 23.4 Å². The number of esters is 2. The number of carbonyl (C=O) groups excluding carboxylic acids is 3. The number of hydrogen-bond donors (Lipinski definition) is 4. The first-order chi connectivity index (χ1) is 29.0. The van der Waals surface area contributed by atoms with Crippen LogP contribution in [0.1, 0.15) is 187 Å². The van der Waals surface area contributed by atoms with E-state index in [1.807, 2.05) is 12.2 Å². The molecule has 13 heteroatoms. The molecule has 0 aliphatic heterocycles. The van der Waals surface area contributed by atoms with E-state index in [-0.39, 0.29) is 50.7 Å². The maximum atomic E-state index is 12.7. The van der Waals surface area contributed by atoms with Crippen molar-refractivity contribution < 1.29 is 52.6 Å². The van der Waals surface area contributed by atoms with Gasteiger partial charge < -0.3 is 30.3 Å². The van der Waals surface area contributed by atoms with Crippen LogP contribution in [0, 0.1) is 11.8 Å². The Kier molecular flexibility index (Phi) is 34.8. The summed E-state index contributed by atoms with van der Waals surface area (Å²) in [5.74, 6) is -1.79. The molecule has 0 amide bonds. The van der Waals surface area contributed by atoms with Crippen LogP contribution in [-0.2, 0) is 37.5 Å². The molecule has 0 spiro atoms. The minimum atomic E-state index is -4.45. The van der Waals surface area contributed by atoms with Gasteiger partial charge in [0, 0.05) is 37.6 Å². The van der Waals surface area contributed by atoms with Gasteiger partial charge in [0.1, 0.15) is 12.4 Å². The van der Waals surface area contributed by atoms with E-state index in [0.29, 0.717) is 32.1 Å². The van der Waals surface area contributed by atoms with E-state index < -0.39 is 50.6 Å². The zero-order valence-electron chi connectivity index (χ0n) is 37.4. The van der Waals surface area contributed by atoms with Gasteiger partial charge in [0.15, 0.2) is 6.10 Å². The maximum Gasteiger partial charge on any atom is 0.472 e. The van der Waals surface area contributed by atoms with Gasteiger partial charge in [-0.15, -0.1) is 0 Å². The van der Waals surface area contributed by atoms with E-state index in [1.165, 1.54) is 83.5 Å². The molecule has 1 aliphatic rings. The van der Waals surface area contributed by atoms with E-state index >= 15 is 0 Å². The Morgan fingerprint density at radius 3 is 1.93 bits per heavy atom. The van der Waals surface area contributed by atoms with Crippen LogP contribution in [0.3, 0.4) is 0 Å². The number of aliphatic hydroxyl groups is 2. The molecule has 0 aromatic heterocycles. The van der Waals surface area contributed by atoms with Gasteiger partial charge in [-0.25, -0.2) is 4.57 Å². The summed E-state index contributed by atoms with van der Waals surface area (Å²) < 4.78 is 32.8. The lowest BCUT2D eigenvalue weighted by Gasteiger charge is -2.19. The number of aliphatic hydroxyl groups excluding tert-OH is 2. The number of ether oxygens (including phenoxy) is 2. The molecule has 1 unspecified atom stereocenters. The van der Waals surface area contributed by atoms with E-state index in [1.54, 1.807) is 12.2 Å². The van der Waals surface area contributed by atoms with Crippen molar-refractivity contribution in [1.82, 2.24) is 0 Å². The molecule has 6 atom stereocenters. The molecule has 12 nitrogen and oxygen atoms in total. The summed E-state index contributed by atoms with van der Waals surface area (Å²) >= 11 is 0. The minimum absolute atomic E-state index is 0.0101. The van der Waals surface area contributed by atoms with Crippen LogP contribution in [0.4, 0.5) is 0 Å². The number of allylic oxidation sites excluding steroid dienone is 5. The Balaban J connectivity index is 2.35. The molecule has 0 saturated heterocycles. The SMILES string of the molecule is CCCCCCCC/C=C\CCCCCCCCCCCC(=O)OC[C@H](COP(=O)(O)OCCN)OC(=O)CCC/C=C\C[C@H]1[C@@H](O)CC(=O)[C@@H]1/C=C/[C@@H](O)CCCCC. The van der Waals surface area contributed by atoms with Crippen molar-refractivity contribution in [2.24, 2.45) is 17.6 Å². The minimum Gasteiger partial charge on any atom is -0.462 e. The van der Waals surface area contributed by atoms with Gasteiger partial charge in [0.2, 0.25) is 0 Å². The second-order valence-corrected chi connectivity index (χ2v) is 17.9. The molecule has 0 radical (unpaired) electrons. The number of phosphoric ester groups is 1. The van der Waals surface area contributed by atoms with Gasteiger partial charge in [-0.1, -0.05) is 147 Å². The third-order valence-electron chi connectivity index (χ3n) is 10.9. The molecular formula is C47H84NO11P. The van der Waals surface area contributed by atoms with Crippen LogP contribution < -0.4 is 5.73 Å². The van der Waals surface area contributed by atoms with E-state index in [2.05, 4.69) is 26.0 Å². The van der Waals surface area contributed by atoms with Gasteiger partial charge in [-0.05, 0) is 57.8 Å². The molecule has 60 heavy (non-hydrogen) atoms. The Bertz CT molecular complexity index is 1240. The fourth-order valence-electron chi connectivity index (χ4n) is 7.26. The van der Waals surface area contributed by atoms with Crippen molar-refractivity contribution >= 4 is 25.5 Å². The van der Waals surface area contributed by atoms with Crippen molar-refractivity contribution in [3.8, 4) is 0 Å². The van der Waals surface area contributed by atoms with Crippen LogP contribution in [-0.4, -0.2) is 77.5 Å². The summed E-state index contributed by atoms with van der Waals surface area (Å²) in [6.07, 6.45) is 35.4. The van der Waals surface area contributed by atoms with Crippen LogP contribution in [0.25, 0.3) is 0 Å². The Morgan fingerprint density at radius 1 is 0.750 bits per heavy atom. The van der Waals surface area contributed by atoms with Crippen LogP contribution in [0.5, 0.6) is 0 Å². The average Bonchev–Trinajstić information content (AvgIpc) is 3.49. The molecule has 0 aromatic carbocycles. The molecule has 348 valence electrons. The number of ketones is 1. The first kappa shape index (κ1) is 55.8. The number of hydrogen-bond acceptors (Lipinski definition) is 11. The topological polar surface area (TPSA) is 192 Å². The Morgan fingerprint density at radius 2 is 1.30 bits per heavy atom. The fraction of sp³-hybridized carbons (Fsp3) is 0.809. The molecule has 1 fully saturated rings. The first-order valence-corrected chi connectivity index (χ1v) is 25.1. The Labute approximate surface area is 363 Å². The highest BCUT2D eigenvalue weighted by molar-refractivity contribution is 7.47. The van der Waals surface area contributed by atoms with Crippen LogP contribution >= 0.6 is 7.82 Å². The fourth-order valence-corrected chi connectivity index (χ4v) is 8.02. The molecule has 0 aromatic rings. The lowest BCUT2D eigenvalue weighted by molar-refractivity contribution is -0.161. The summed E-state index contributed by atoms with van der Waals surface area (Å²) in [6.45, 7) is 3.32. The van der Waals surface area contributed by atoms with Crippen molar-refractivity contribution in [1.29, 1.82) is 0 Å². The molecule has 5 N–H and O–H groups in total. The molecule has 0 bridgehead atoms. The third kappa shape index (κ3) is 30.8. The molecular weight excluding hydrogens is 785 g/mol.